The van der Waals surface area contributed by atoms with Crippen LogP contribution >= 0.6 is 0 Å². The van der Waals surface area contributed by atoms with E-state index >= 15 is 0 Å². The van der Waals surface area contributed by atoms with Gasteiger partial charge in [-0.25, -0.2) is 0 Å². The van der Waals surface area contributed by atoms with Crippen LogP contribution in [0.5, 0.6) is 0 Å². The number of hydrogen-bond acceptors (Lipinski definition) is 2. The zero-order valence-corrected chi connectivity index (χ0v) is 10.7. The average molecular weight is 226 g/mol. The van der Waals surface area contributed by atoms with Crippen LogP contribution < -0.4 is 5.73 Å². The molecule has 1 aliphatic rings. The number of carbonyl (C=O) groups excluding carboxylic acids is 1. The molecule has 0 aliphatic carbocycles. The molecule has 0 aromatic carbocycles. The summed E-state index contributed by atoms with van der Waals surface area (Å²) in [5.41, 5.74) is 5.80. The first-order chi connectivity index (χ1) is 7.69. The predicted molar refractivity (Wildman–Crippen MR) is 67.1 cm³/mol. The van der Waals surface area contributed by atoms with Crippen LogP contribution in [0, 0.1) is 5.92 Å². The van der Waals surface area contributed by atoms with Crippen molar-refractivity contribution in [1.82, 2.24) is 4.90 Å². The predicted octanol–water partition coefficient (Wildman–Crippen LogP) is 2.15. The summed E-state index contributed by atoms with van der Waals surface area (Å²) in [5, 5.41) is 0. The zero-order valence-electron chi connectivity index (χ0n) is 10.7. The average Bonchev–Trinajstić information content (AvgIpc) is 2.53. The monoisotopic (exact) mass is 226 g/mol. The Hall–Kier alpha value is -0.570. The Morgan fingerprint density at radius 3 is 2.75 bits per heavy atom. The fraction of sp³-hybridized carbons (Fsp3) is 0.923. The summed E-state index contributed by atoms with van der Waals surface area (Å²) in [6.45, 7) is 6.03. The largest absolute Gasteiger partial charge is 0.341 e. The van der Waals surface area contributed by atoms with Crippen LogP contribution in [0.25, 0.3) is 0 Å². The molecule has 2 N–H and O–H groups in total. The van der Waals surface area contributed by atoms with Crippen molar-refractivity contribution in [2.45, 2.75) is 58.4 Å². The van der Waals surface area contributed by atoms with E-state index in [-0.39, 0.29) is 11.9 Å². The van der Waals surface area contributed by atoms with Gasteiger partial charge in [-0.2, -0.15) is 0 Å². The Morgan fingerprint density at radius 2 is 2.12 bits per heavy atom. The summed E-state index contributed by atoms with van der Waals surface area (Å²) in [5.74, 6) is 0.972. The van der Waals surface area contributed by atoms with Gasteiger partial charge >= 0.3 is 0 Å². The first kappa shape index (κ1) is 13.5. The maximum atomic E-state index is 11.9. The van der Waals surface area contributed by atoms with Crippen molar-refractivity contribution in [3.8, 4) is 0 Å². The molecule has 0 saturated carbocycles. The summed E-state index contributed by atoms with van der Waals surface area (Å²) in [4.78, 5) is 13.9. The minimum Gasteiger partial charge on any atom is -0.341 e. The Kier molecular flexibility index (Phi) is 5.81. The van der Waals surface area contributed by atoms with Crippen LogP contribution in [0.1, 0.15) is 52.4 Å². The summed E-state index contributed by atoms with van der Waals surface area (Å²) < 4.78 is 0. The van der Waals surface area contributed by atoms with Crippen molar-refractivity contribution in [2.75, 3.05) is 13.1 Å². The highest BCUT2D eigenvalue weighted by Gasteiger charge is 2.23. The maximum Gasteiger partial charge on any atom is 0.239 e. The van der Waals surface area contributed by atoms with Gasteiger partial charge in [-0.3, -0.25) is 4.79 Å². The highest BCUT2D eigenvalue weighted by Crippen LogP contribution is 2.22. The Bertz CT molecular complexity index is 218. The lowest BCUT2D eigenvalue weighted by Gasteiger charge is -2.23. The van der Waals surface area contributed by atoms with Crippen molar-refractivity contribution >= 4 is 5.91 Å². The van der Waals surface area contributed by atoms with Gasteiger partial charge in [-0.15, -0.1) is 0 Å². The van der Waals surface area contributed by atoms with Gasteiger partial charge in [-0.1, -0.05) is 26.7 Å². The van der Waals surface area contributed by atoms with Crippen molar-refractivity contribution in [1.29, 1.82) is 0 Å². The quantitative estimate of drug-likeness (QED) is 0.798. The lowest BCUT2D eigenvalue weighted by atomic mass is 9.96. The van der Waals surface area contributed by atoms with Gasteiger partial charge in [0.05, 0.1) is 6.04 Å². The van der Waals surface area contributed by atoms with Gasteiger partial charge in [0.25, 0.3) is 0 Å². The van der Waals surface area contributed by atoms with E-state index in [0.717, 1.165) is 38.3 Å². The number of hydrogen-bond donors (Lipinski definition) is 1. The molecular weight excluding hydrogens is 200 g/mol. The molecule has 1 amide bonds. The van der Waals surface area contributed by atoms with E-state index in [2.05, 4.69) is 6.92 Å². The Labute approximate surface area is 99.4 Å². The Morgan fingerprint density at radius 1 is 1.38 bits per heavy atom. The van der Waals surface area contributed by atoms with Crippen molar-refractivity contribution in [3.05, 3.63) is 0 Å². The summed E-state index contributed by atoms with van der Waals surface area (Å²) in [7, 11) is 0. The van der Waals surface area contributed by atoms with Crippen molar-refractivity contribution in [2.24, 2.45) is 11.7 Å². The highest BCUT2D eigenvalue weighted by atomic mass is 16.2. The third kappa shape index (κ3) is 3.78. The molecule has 0 radical (unpaired) electrons. The van der Waals surface area contributed by atoms with E-state index in [1.807, 2.05) is 11.8 Å². The van der Waals surface area contributed by atoms with Crippen LogP contribution in [0.2, 0.25) is 0 Å². The SMILES string of the molecule is CCCC1CCCN(C(=O)C(N)CC)CC1. The van der Waals surface area contributed by atoms with Crippen LogP contribution in [0.15, 0.2) is 0 Å². The molecule has 1 aliphatic heterocycles. The van der Waals surface area contributed by atoms with Gasteiger partial charge in [-0.05, 0) is 31.6 Å². The first-order valence-corrected chi connectivity index (χ1v) is 6.73. The summed E-state index contributed by atoms with van der Waals surface area (Å²) >= 11 is 0. The van der Waals surface area contributed by atoms with Gasteiger partial charge in [0, 0.05) is 13.1 Å². The fourth-order valence-electron chi connectivity index (χ4n) is 2.49. The van der Waals surface area contributed by atoms with Crippen molar-refractivity contribution in [3.63, 3.8) is 0 Å². The van der Waals surface area contributed by atoms with Gasteiger partial charge in [0.15, 0.2) is 0 Å². The second-order valence-electron chi connectivity index (χ2n) is 4.93. The molecule has 1 fully saturated rings. The van der Waals surface area contributed by atoms with Crippen molar-refractivity contribution < 1.29 is 4.79 Å². The number of likely N-dealkylation sites (tertiary alicyclic amines) is 1. The topological polar surface area (TPSA) is 46.3 Å². The van der Waals surface area contributed by atoms with E-state index in [4.69, 9.17) is 5.73 Å². The Balaban J connectivity index is 2.43. The van der Waals surface area contributed by atoms with E-state index in [1.165, 1.54) is 19.3 Å². The molecule has 0 bridgehead atoms. The second kappa shape index (κ2) is 6.89. The fourth-order valence-corrected chi connectivity index (χ4v) is 2.49. The molecule has 0 aromatic heterocycles. The van der Waals surface area contributed by atoms with E-state index in [1.54, 1.807) is 0 Å². The molecule has 1 saturated heterocycles. The van der Waals surface area contributed by atoms with E-state index in [9.17, 15) is 4.79 Å². The molecular formula is C13H26N2O. The number of nitrogens with two attached hydrogens (primary N) is 1. The van der Waals surface area contributed by atoms with Gasteiger partial charge in [0.2, 0.25) is 5.91 Å². The number of carbonyl (C=O) groups is 1. The summed E-state index contributed by atoms with van der Waals surface area (Å²) in [6.07, 6.45) is 6.89. The molecule has 16 heavy (non-hydrogen) atoms. The van der Waals surface area contributed by atoms with Crippen LogP contribution in [0.3, 0.4) is 0 Å². The van der Waals surface area contributed by atoms with Gasteiger partial charge < -0.3 is 10.6 Å². The molecule has 0 aromatic rings. The normalized spacial score (nSPS) is 23.9. The molecule has 2 unspecified atom stereocenters. The minimum atomic E-state index is -0.289. The first-order valence-electron chi connectivity index (χ1n) is 6.73. The zero-order chi connectivity index (χ0) is 12.0. The molecule has 3 heteroatoms. The van der Waals surface area contributed by atoms with E-state index in [0.29, 0.717) is 0 Å². The minimum absolute atomic E-state index is 0.152. The van der Waals surface area contributed by atoms with Crippen LogP contribution in [-0.2, 0) is 4.79 Å². The smallest absolute Gasteiger partial charge is 0.239 e. The number of amides is 1. The third-order valence-electron chi connectivity index (χ3n) is 3.61. The lowest BCUT2D eigenvalue weighted by molar-refractivity contribution is -0.132. The second-order valence-corrected chi connectivity index (χ2v) is 4.93. The van der Waals surface area contributed by atoms with Crippen LogP contribution in [-0.4, -0.2) is 29.9 Å². The molecule has 94 valence electrons. The molecule has 2 atom stereocenters. The highest BCUT2D eigenvalue weighted by molar-refractivity contribution is 5.81. The maximum absolute atomic E-state index is 11.9. The molecule has 1 heterocycles. The summed E-state index contributed by atoms with van der Waals surface area (Å²) in [6, 6.07) is -0.289. The third-order valence-corrected chi connectivity index (χ3v) is 3.61. The molecule has 1 rings (SSSR count). The van der Waals surface area contributed by atoms with Gasteiger partial charge in [0.1, 0.15) is 0 Å². The molecule has 3 nitrogen and oxygen atoms in total. The number of rotatable bonds is 4. The number of nitrogens with zero attached hydrogens (tertiary/aromatic N) is 1. The molecule has 0 spiro atoms. The van der Waals surface area contributed by atoms with E-state index < -0.39 is 0 Å². The lowest BCUT2D eigenvalue weighted by Crippen LogP contribution is -2.43. The van der Waals surface area contributed by atoms with Crippen LogP contribution in [0.4, 0.5) is 0 Å². The standard InChI is InChI=1S/C13H26N2O/c1-3-6-11-7-5-9-15(10-8-11)13(16)12(14)4-2/h11-12H,3-10,14H2,1-2H3.